The molecule has 0 radical (unpaired) electrons. The Labute approximate surface area is 324 Å². The number of fused-ring (bicyclic) bond motifs is 1. The third kappa shape index (κ3) is 13.1. The van der Waals surface area contributed by atoms with E-state index in [1.54, 1.807) is 14.2 Å². The first-order valence-electron chi connectivity index (χ1n) is 20.8. The van der Waals surface area contributed by atoms with Crippen LogP contribution in [0.4, 0.5) is 0 Å². The van der Waals surface area contributed by atoms with Crippen molar-refractivity contribution in [2.45, 2.75) is 148 Å². The maximum Gasteiger partial charge on any atom is 0.220 e. The minimum atomic E-state index is -0.521. The van der Waals surface area contributed by atoms with Gasteiger partial charge in [0.25, 0.3) is 0 Å². The van der Waals surface area contributed by atoms with E-state index in [1.807, 2.05) is 12.1 Å². The Kier molecular flexibility index (Phi) is 17.6. The molecule has 3 atom stereocenters. The topological polar surface area (TPSA) is 89.5 Å². The maximum absolute atomic E-state index is 12.6. The zero-order valence-electron chi connectivity index (χ0n) is 33.3. The van der Waals surface area contributed by atoms with Crippen LogP contribution in [0.2, 0.25) is 0 Å². The largest absolute Gasteiger partial charge is 0.493 e. The summed E-state index contributed by atoms with van der Waals surface area (Å²) < 4.78 is 24.4. The second kappa shape index (κ2) is 22.8. The highest BCUT2D eigenvalue weighted by Crippen LogP contribution is 2.39. The zero-order valence-corrected chi connectivity index (χ0v) is 33.3. The lowest BCUT2D eigenvalue weighted by Crippen LogP contribution is -2.41. The van der Waals surface area contributed by atoms with Gasteiger partial charge in [-0.05, 0) is 52.8 Å². The lowest BCUT2D eigenvalue weighted by molar-refractivity contribution is -0.253. The van der Waals surface area contributed by atoms with Crippen LogP contribution < -0.4 is 14.8 Å². The van der Waals surface area contributed by atoms with Crippen molar-refractivity contribution < 1.29 is 28.8 Å². The monoisotopic (exact) mass is 742 g/mol. The summed E-state index contributed by atoms with van der Waals surface area (Å²) in [7, 11) is 3.36. The fraction of sp³-hybridized carbons (Fsp3) is 0.587. The predicted octanol–water partition coefficient (Wildman–Crippen LogP) is 9.90. The van der Waals surface area contributed by atoms with Gasteiger partial charge >= 0.3 is 0 Å². The number of carbonyl (C=O) groups excluding carboxylic acids is 1. The van der Waals surface area contributed by atoms with Crippen molar-refractivity contribution in [1.82, 2.24) is 10.2 Å². The molecule has 296 valence electrons. The van der Waals surface area contributed by atoms with Crippen LogP contribution in [0.1, 0.15) is 149 Å². The molecule has 5 rings (SSSR count). The van der Waals surface area contributed by atoms with E-state index in [1.165, 1.54) is 81.8 Å². The van der Waals surface area contributed by atoms with Crippen LogP contribution in [0.25, 0.3) is 0 Å². The lowest BCUT2D eigenvalue weighted by atomic mass is 9.97. The second-order valence-electron chi connectivity index (χ2n) is 15.3. The number of rotatable bonds is 23. The molecule has 2 aliphatic rings. The summed E-state index contributed by atoms with van der Waals surface area (Å²) in [6, 6.07) is 20.5. The third-order valence-corrected chi connectivity index (χ3v) is 11.1. The minimum absolute atomic E-state index is 0.0134. The van der Waals surface area contributed by atoms with Gasteiger partial charge in [-0.2, -0.15) is 0 Å². The van der Waals surface area contributed by atoms with Crippen LogP contribution in [0.5, 0.6) is 11.5 Å². The lowest BCUT2D eigenvalue weighted by Gasteiger charge is -2.39. The van der Waals surface area contributed by atoms with Crippen LogP contribution in [0, 0.1) is 0 Å². The molecule has 2 N–H and O–H groups in total. The first kappa shape index (κ1) is 41.7. The number of nitrogens with zero attached hydrogens (tertiary/aromatic N) is 1. The summed E-state index contributed by atoms with van der Waals surface area (Å²) in [5.74, 6) is 1.65. The maximum atomic E-state index is 12.6. The van der Waals surface area contributed by atoms with Crippen molar-refractivity contribution in [3.8, 4) is 11.5 Å². The third-order valence-electron chi connectivity index (χ3n) is 11.1. The summed E-state index contributed by atoms with van der Waals surface area (Å²) in [4.78, 5) is 15.0. The quantitative estimate of drug-likeness (QED) is 0.0936. The van der Waals surface area contributed by atoms with E-state index >= 15 is 0 Å². The van der Waals surface area contributed by atoms with Crippen molar-refractivity contribution in [2.24, 2.45) is 0 Å². The molecular weight excluding hydrogens is 677 g/mol. The standard InChI is InChI=1S/C46H66N2O6/c1-4-5-6-7-8-9-10-11-12-13-14-15-16-17-45(50)47-31-35-18-24-38(25-19-35)46-53-41(30-42(54-46)37-22-20-36(34-49)21-23-37)33-48-27-26-39-28-43(51-2)44(52-3)29-40(39)32-48/h18-25,28-29,41-42,46,49H,4-17,26-27,30-34H2,1-3H3,(H,47,50). The van der Waals surface area contributed by atoms with Gasteiger partial charge in [0, 0.05) is 44.6 Å². The highest BCUT2D eigenvalue weighted by Gasteiger charge is 2.34. The van der Waals surface area contributed by atoms with Gasteiger partial charge in [0.2, 0.25) is 5.91 Å². The summed E-state index contributed by atoms with van der Waals surface area (Å²) in [6.07, 6.45) is 18.5. The Balaban J connectivity index is 1.08. The Morgan fingerprint density at radius 1 is 0.759 bits per heavy atom. The normalized spacial score (nSPS) is 18.6. The summed E-state index contributed by atoms with van der Waals surface area (Å²) in [5, 5.41) is 12.7. The number of amides is 1. The fourth-order valence-electron chi connectivity index (χ4n) is 7.80. The van der Waals surface area contributed by atoms with Gasteiger partial charge in [0.15, 0.2) is 17.8 Å². The van der Waals surface area contributed by atoms with Gasteiger partial charge in [-0.15, -0.1) is 0 Å². The Hall–Kier alpha value is -3.43. The summed E-state index contributed by atoms with van der Waals surface area (Å²) in [6.45, 7) is 5.33. The van der Waals surface area contributed by atoms with E-state index in [9.17, 15) is 9.90 Å². The van der Waals surface area contributed by atoms with Gasteiger partial charge in [0.05, 0.1) is 33.0 Å². The molecule has 3 aromatic carbocycles. The minimum Gasteiger partial charge on any atom is -0.493 e. The number of benzene rings is 3. The first-order valence-corrected chi connectivity index (χ1v) is 20.8. The van der Waals surface area contributed by atoms with Crippen molar-refractivity contribution in [2.75, 3.05) is 27.3 Å². The number of nitrogens with one attached hydrogen (secondary N) is 1. The van der Waals surface area contributed by atoms with Crippen molar-refractivity contribution >= 4 is 5.91 Å². The molecule has 0 aliphatic carbocycles. The molecule has 54 heavy (non-hydrogen) atoms. The molecule has 0 spiro atoms. The second-order valence-corrected chi connectivity index (χ2v) is 15.3. The van der Waals surface area contributed by atoms with Gasteiger partial charge in [-0.3, -0.25) is 9.69 Å². The highest BCUT2D eigenvalue weighted by molar-refractivity contribution is 5.75. The Morgan fingerprint density at radius 3 is 1.94 bits per heavy atom. The van der Waals surface area contributed by atoms with Gasteiger partial charge in [-0.1, -0.05) is 133 Å². The number of aliphatic hydroxyl groups is 1. The molecule has 3 unspecified atom stereocenters. The number of aliphatic hydroxyl groups excluding tert-OH is 1. The van der Waals surface area contributed by atoms with E-state index in [-0.39, 0.29) is 24.7 Å². The van der Waals surface area contributed by atoms with E-state index in [0.29, 0.717) is 13.0 Å². The van der Waals surface area contributed by atoms with Gasteiger partial charge in [-0.25, -0.2) is 0 Å². The van der Waals surface area contributed by atoms with E-state index < -0.39 is 6.29 Å². The van der Waals surface area contributed by atoms with Crippen LogP contribution in [0.3, 0.4) is 0 Å². The smallest absolute Gasteiger partial charge is 0.220 e. The summed E-state index contributed by atoms with van der Waals surface area (Å²) >= 11 is 0. The van der Waals surface area contributed by atoms with E-state index in [0.717, 1.165) is 79.1 Å². The molecule has 0 saturated carbocycles. The van der Waals surface area contributed by atoms with Crippen LogP contribution in [-0.2, 0) is 40.4 Å². The van der Waals surface area contributed by atoms with Crippen molar-refractivity contribution in [1.29, 1.82) is 0 Å². The highest BCUT2D eigenvalue weighted by atomic mass is 16.7. The molecule has 0 aromatic heterocycles. The molecule has 2 heterocycles. The average Bonchev–Trinajstić information content (AvgIpc) is 3.21. The molecule has 2 aliphatic heterocycles. The van der Waals surface area contributed by atoms with Gasteiger partial charge < -0.3 is 29.4 Å². The van der Waals surface area contributed by atoms with Gasteiger partial charge in [0.1, 0.15) is 0 Å². The number of ether oxygens (including phenoxy) is 4. The molecule has 1 fully saturated rings. The predicted molar refractivity (Wildman–Crippen MR) is 216 cm³/mol. The molecule has 8 heteroatoms. The Bertz CT molecular complexity index is 1530. The number of carbonyl (C=O) groups is 1. The average molecular weight is 743 g/mol. The molecule has 1 saturated heterocycles. The Morgan fingerprint density at radius 2 is 1.33 bits per heavy atom. The molecule has 0 bridgehead atoms. The van der Waals surface area contributed by atoms with Crippen LogP contribution in [-0.4, -0.2) is 49.3 Å². The molecule has 3 aromatic rings. The van der Waals surface area contributed by atoms with E-state index in [2.05, 4.69) is 65.7 Å². The SMILES string of the molecule is CCCCCCCCCCCCCCCC(=O)NCc1ccc(C2OC(CN3CCc4cc(OC)c(OC)cc4C3)CC(c3ccc(CO)cc3)O2)cc1. The molecular formula is C46H66N2O6. The van der Waals surface area contributed by atoms with Crippen molar-refractivity contribution in [3.63, 3.8) is 0 Å². The van der Waals surface area contributed by atoms with Crippen LogP contribution >= 0.6 is 0 Å². The number of hydrogen-bond acceptors (Lipinski definition) is 7. The number of hydrogen-bond donors (Lipinski definition) is 2. The number of unbranched alkanes of at least 4 members (excludes halogenated alkanes) is 12. The fourth-order valence-corrected chi connectivity index (χ4v) is 7.80. The molecule has 8 nitrogen and oxygen atoms in total. The van der Waals surface area contributed by atoms with E-state index in [4.69, 9.17) is 18.9 Å². The van der Waals surface area contributed by atoms with Crippen molar-refractivity contribution in [3.05, 3.63) is 94.0 Å². The zero-order chi connectivity index (χ0) is 38.0. The summed E-state index contributed by atoms with van der Waals surface area (Å²) in [5.41, 5.74) is 6.52. The first-order chi connectivity index (χ1) is 26.5. The molecule has 1 amide bonds. The van der Waals surface area contributed by atoms with Crippen LogP contribution in [0.15, 0.2) is 60.7 Å². The number of methoxy groups -OCH3 is 2.